The number of benzene rings is 1. The summed E-state index contributed by atoms with van der Waals surface area (Å²) in [6.45, 7) is 0.217. The molecule has 0 saturated heterocycles. The van der Waals surface area contributed by atoms with Gasteiger partial charge in [0, 0.05) is 6.54 Å². The van der Waals surface area contributed by atoms with Gasteiger partial charge in [-0.1, -0.05) is 12.1 Å². The van der Waals surface area contributed by atoms with Gasteiger partial charge in [0.1, 0.15) is 5.88 Å². The zero-order valence-corrected chi connectivity index (χ0v) is 9.88. The minimum absolute atomic E-state index is 0.0186. The van der Waals surface area contributed by atoms with Crippen LogP contribution >= 0.6 is 11.6 Å². The quantitative estimate of drug-likeness (QED) is 0.759. The van der Waals surface area contributed by atoms with Crippen molar-refractivity contribution in [1.29, 1.82) is 0 Å². The van der Waals surface area contributed by atoms with Crippen LogP contribution in [0, 0.1) is 0 Å². The Balaban J connectivity index is 2.80. The number of nitrogens with two attached hydrogens (primary N) is 1. The molecule has 0 spiro atoms. The summed E-state index contributed by atoms with van der Waals surface area (Å²) < 4.78 is 22.1. The van der Waals surface area contributed by atoms with Crippen LogP contribution in [-0.2, 0) is 21.4 Å². The second kappa shape index (κ2) is 5.29. The number of nitrogens with one attached hydrogen (secondary N) is 1. The predicted octanol–water partition coefficient (Wildman–Crippen LogP) is 0.189. The fourth-order valence-electron chi connectivity index (χ4n) is 1.08. The lowest BCUT2D eigenvalue weighted by atomic mass is 10.2. The highest BCUT2D eigenvalue weighted by atomic mass is 35.5. The van der Waals surface area contributed by atoms with Crippen molar-refractivity contribution in [3.8, 4) is 0 Å². The zero-order chi connectivity index (χ0) is 12.2. The third kappa shape index (κ3) is 3.80. The summed E-state index contributed by atoms with van der Waals surface area (Å²) >= 11 is 5.29. The normalized spacial score (nSPS) is 11.1. The van der Waals surface area contributed by atoms with E-state index in [2.05, 4.69) is 5.32 Å². The molecule has 0 aliphatic rings. The fraction of sp³-hybridized carbons (Fsp3) is 0.222. The van der Waals surface area contributed by atoms with Crippen LogP contribution in [0.3, 0.4) is 0 Å². The van der Waals surface area contributed by atoms with Crippen molar-refractivity contribution in [2.24, 2.45) is 5.14 Å². The van der Waals surface area contributed by atoms with E-state index in [0.29, 0.717) is 5.56 Å². The summed E-state index contributed by atoms with van der Waals surface area (Å²) in [5, 5.41) is 7.49. The van der Waals surface area contributed by atoms with E-state index in [0.717, 1.165) is 0 Å². The van der Waals surface area contributed by atoms with Crippen LogP contribution in [0.2, 0.25) is 0 Å². The third-order valence-corrected chi connectivity index (χ3v) is 2.99. The smallest absolute Gasteiger partial charge is 0.238 e. The third-order valence-electron chi connectivity index (χ3n) is 1.84. The van der Waals surface area contributed by atoms with Crippen LogP contribution in [0.5, 0.6) is 0 Å². The molecule has 16 heavy (non-hydrogen) atoms. The molecule has 0 bridgehead atoms. The fourth-order valence-corrected chi connectivity index (χ4v) is 1.76. The maximum atomic E-state index is 11.0. The second-order valence-electron chi connectivity index (χ2n) is 3.10. The molecular weight excluding hydrogens is 252 g/mol. The molecule has 0 radical (unpaired) electrons. The van der Waals surface area contributed by atoms with Crippen LogP contribution in [0.15, 0.2) is 29.2 Å². The standard InChI is InChI=1S/C9H11ClN2O3S/c10-5-9(13)12-6-7-2-1-3-8(4-7)16(11,14)15/h1-4H,5-6H2,(H,12,13)(H2,11,14,15). The molecule has 1 amide bonds. The van der Waals surface area contributed by atoms with E-state index >= 15 is 0 Å². The maximum absolute atomic E-state index is 11.0. The van der Waals surface area contributed by atoms with Crippen molar-refractivity contribution in [3.05, 3.63) is 29.8 Å². The number of primary sulfonamides is 1. The second-order valence-corrected chi connectivity index (χ2v) is 4.93. The minimum Gasteiger partial charge on any atom is -0.351 e. The summed E-state index contributed by atoms with van der Waals surface area (Å²) in [7, 11) is -3.71. The zero-order valence-electron chi connectivity index (χ0n) is 8.31. The average Bonchev–Trinajstić information content (AvgIpc) is 2.25. The molecule has 5 nitrogen and oxygen atoms in total. The van der Waals surface area contributed by atoms with E-state index in [1.807, 2.05) is 0 Å². The molecular formula is C9H11ClN2O3S. The monoisotopic (exact) mass is 262 g/mol. The van der Waals surface area contributed by atoms with Crippen molar-refractivity contribution in [2.75, 3.05) is 5.88 Å². The molecule has 0 aliphatic carbocycles. The van der Waals surface area contributed by atoms with Gasteiger partial charge in [-0.3, -0.25) is 4.79 Å². The Morgan fingerprint density at radius 1 is 1.44 bits per heavy atom. The average molecular weight is 263 g/mol. The molecule has 0 aromatic heterocycles. The minimum atomic E-state index is -3.71. The van der Waals surface area contributed by atoms with Crippen LogP contribution in [0.4, 0.5) is 0 Å². The SMILES string of the molecule is NS(=O)(=O)c1cccc(CNC(=O)CCl)c1. The van der Waals surface area contributed by atoms with E-state index < -0.39 is 10.0 Å². The van der Waals surface area contributed by atoms with Gasteiger partial charge in [-0.25, -0.2) is 13.6 Å². The Bertz CT molecular complexity index is 487. The van der Waals surface area contributed by atoms with Crippen LogP contribution < -0.4 is 10.5 Å². The van der Waals surface area contributed by atoms with E-state index in [4.69, 9.17) is 16.7 Å². The molecule has 0 aliphatic heterocycles. The van der Waals surface area contributed by atoms with Crippen molar-refractivity contribution in [2.45, 2.75) is 11.4 Å². The summed E-state index contributed by atoms with van der Waals surface area (Å²) in [5.74, 6) is -0.447. The van der Waals surface area contributed by atoms with Gasteiger partial charge in [-0.2, -0.15) is 0 Å². The first kappa shape index (κ1) is 13.0. The molecule has 7 heteroatoms. The Hall–Kier alpha value is -1.11. The largest absolute Gasteiger partial charge is 0.351 e. The summed E-state index contributed by atoms with van der Waals surface area (Å²) in [6, 6.07) is 6.04. The number of amides is 1. The highest BCUT2D eigenvalue weighted by Gasteiger charge is 2.08. The highest BCUT2D eigenvalue weighted by molar-refractivity contribution is 7.89. The number of halogens is 1. The Morgan fingerprint density at radius 2 is 2.12 bits per heavy atom. The first-order valence-electron chi connectivity index (χ1n) is 4.38. The predicted molar refractivity (Wildman–Crippen MR) is 60.4 cm³/mol. The van der Waals surface area contributed by atoms with Crippen LogP contribution in [-0.4, -0.2) is 20.2 Å². The molecule has 88 valence electrons. The Morgan fingerprint density at radius 3 is 2.69 bits per heavy atom. The van der Waals surface area contributed by atoms with Crippen molar-refractivity contribution < 1.29 is 13.2 Å². The molecule has 1 aromatic rings. The first-order valence-corrected chi connectivity index (χ1v) is 6.46. The van der Waals surface area contributed by atoms with Gasteiger partial charge in [-0.15, -0.1) is 11.6 Å². The van der Waals surface area contributed by atoms with Gasteiger partial charge in [0.05, 0.1) is 4.90 Å². The lowest BCUT2D eigenvalue weighted by Gasteiger charge is -2.04. The van der Waals surface area contributed by atoms with Gasteiger partial charge in [-0.05, 0) is 17.7 Å². The van der Waals surface area contributed by atoms with Gasteiger partial charge in [0.25, 0.3) is 0 Å². The number of sulfonamides is 1. The van der Waals surface area contributed by atoms with Crippen molar-refractivity contribution in [1.82, 2.24) is 5.32 Å². The summed E-state index contributed by atoms with van der Waals surface area (Å²) in [6.07, 6.45) is 0. The van der Waals surface area contributed by atoms with E-state index in [1.54, 1.807) is 12.1 Å². The lowest BCUT2D eigenvalue weighted by molar-refractivity contribution is -0.118. The van der Waals surface area contributed by atoms with Gasteiger partial charge in [0.2, 0.25) is 15.9 Å². The lowest BCUT2D eigenvalue weighted by Crippen LogP contribution is -2.23. The number of hydrogen-bond acceptors (Lipinski definition) is 3. The summed E-state index contributed by atoms with van der Waals surface area (Å²) in [4.78, 5) is 10.9. The molecule has 1 rings (SSSR count). The number of hydrogen-bond donors (Lipinski definition) is 2. The summed E-state index contributed by atoms with van der Waals surface area (Å²) in [5.41, 5.74) is 0.644. The number of alkyl halides is 1. The van der Waals surface area contributed by atoms with Crippen LogP contribution in [0.1, 0.15) is 5.56 Å². The Labute approximate surface area is 98.6 Å². The maximum Gasteiger partial charge on any atom is 0.238 e. The van der Waals surface area contributed by atoms with E-state index in [9.17, 15) is 13.2 Å². The highest BCUT2D eigenvalue weighted by Crippen LogP contribution is 2.09. The first-order chi connectivity index (χ1) is 7.43. The van der Waals surface area contributed by atoms with E-state index in [-0.39, 0.29) is 23.2 Å². The molecule has 1 aromatic carbocycles. The number of carbonyl (C=O) groups excluding carboxylic acids is 1. The topological polar surface area (TPSA) is 89.3 Å². The van der Waals surface area contributed by atoms with Gasteiger partial charge < -0.3 is 5.32 Å². The molecule has 0 saturated carbocycles. The number of rotatable bonds is 4. The molecule has 0 heterocycles. The van der Waals surface area contributed by atoms with Gasteiger partial charge >= 0.3 is 0 Å². The van der Waals surface area contributed by atoms with Crippen molar-refractivity contribution >= 4 is 27.5 Å². The molecule has 0 unspecified atom stereocenters. The van der Waals surface area contributed by atoms with Crippen LogP contribution in [0.25, 0.3) is 0 Å². The number of carbonyl (C=O) groups is 1. The molecule has 0 atom stereocenters. The van der Waals surface area contributed by atoms with Gasteiger partial charge in [0.15, 0.2) is 0 Å². The Kier molecular flexibility index (Phi) is 4.28. The molecule has 0 fully saturated rings. The van der Waals surface area contributed by atoms with Crippen molar-refractivity contribution in [3.63, 3.8) is 0 Å². The van der Waals surface area contributed by atoms with E-state index in [1.165, 1.54) is 12.1 Å². The molecule has 3 N–H and O–H groups in total.